The van der Waals surface area contributed by atoms with Gasteiger partial charge in [0.05, 0.1) is 16.7 Å². The number of rotatable bonds is 1. The molecule has 62 valence electrons. The molecule has 3 N–H and O–H groups in total. The van der Waals surface area contributed by atoms with E-state index in [0.717, 1.165) is 16.5 Å². The van der Waals surface area contributed by atoms with Crippen LogP contribution in [-0.4, -0.2) is 10.2 Å². The lowest BCUT2D eigenvalue weighted by Gasteiger charge is -1.98. The zero-order valence-corrected chi connectivity index (χ0v) is 7.10. The third-order valence-electron chi connectivity index (χ3n) is 1.87. The summed E-state index contributed by atoms with van der Waals surface area (Å²) >= 11 is 5.93. The first-order valence-electron chi connectivity index (χ1n) is 3.63. The number of hydrogen-bond donors (Lipinski definition) is 2. The number of H-pyrrole nitrogens is 1. The molecule has 0 fully saturated rings. The van der Waals surface area contributed by atoms with Crippen LogP contribution in [0.5, 0.6) is 0 Å². The Bertz CT molecular complexity index is 408. The molecule has 4 heteroatoms. The summed E-state index contributed by atoms with van der Waals surface area (Å²) in [6.45, 7) is 0.496. The number of hydrogen-bond acceptors (Lipinski definition) is 2. The van der Waals surface area contributed by atoms with Crippen LogP contribution in [-0.2, 0) is 6.54 Å². The van der Waals surface area contributed by atoms with Gasteiger partial charge in [0.2, 0.25) is 0 Å². The summed E-state index contributed by atoms with van der Waals surface area (Å²) < 4.78 is 0. The maximum Gasteiger partial charge on any atom is 0.0710 e. The van der Waals surface area contributed by atoms with Crippen molar-refractivity contribution in [3.05, 3.63) is 28.9 Å². The van der Waals surface area contributed by atoms with Gasteiger partial charge in [0, 0.05) is 11.9 Å². The first kappa shape index (κ1) is 7.58. The van der Waals surface area contributed by atoms with Crippen LogP contribution in [0.4, 0.5) is 0 Å². The summed E-state index contributed by atoms with van der Waals surface area (Å²) in [6.07, 6.45) is 1.71. The summed E-state index contributed by atoms with van der Waals surface area (Å²) in [5.41, 5.74) is 7.50. The molecule has 12 heavy (non-hydrogen) atoms. The van der Waals surface area contributed by atoms with Crippen molar-refractivity contribution in [3.8, 4) is 0 Å². The number of nitrogens with zero attached hydrogens (tertiary/aromatic N) is 1. The lowest BCUT2D eigenvalue weighted by atomic mass is 10.1. The Morgan fingerprint density at radius 2 is 2.33 bits per heavy atom. The molecule has 0 atom stereocenters. The van der Waals surface area contributed by atoms with Crippen LogP contribution < -0.4 is 5.73 Å². The molecule has 1 aromatic heterocycles. The molecule has 0 saturated heterocycles. The van der Waals surface area contributed by atoms with Crippen LogP contribution in [0, 0.1) is 0 Å². The van der Waals surface area contributed by atoms with Gasteiger partial charge in [-0.3, -0.25) is 5.10 Å². The Labute approximate surface area is 74.5 Å². The number of nitrogens with one attached hydrogen (secondary N) is 1. The van der Waals surface area contributed by atoms with Crippen LogP contribution in [0.3, 0.4) is 0 Å². The number of aromatic amines is 1. The quantitative estimate of drug-likeness (QED) is 0.703. The van der Waals surface area contributed by atoms with Gasteiger partial charge >= 0.3 is 0 Å². The highest BCUT2D eigenvalue weighted by Gasteiger charge is 2.04. The lowest BCUT2D eigenvalue weighted by molar-refractivity contribution is 1.06. The Hall–Kier alpha value is -1.06. The van der Waals surface area contributed by atoms with E-state index in [2.05, 4.69) is 10.2 Å². The van der Waals surface area contributed by atoms with Gasteiger partial charge in [-0.2, -0.15) is 5.10 Å². The molecule has 2 aromatic rings. The fourth-order valence-corrected chi connectivity index (χ4v) is 1.44. The smallest absolute Gasteiger partial charge is 0.0710 e. The Balaban J connectivity index is 2.82. The van der Waals surface area contributed by atoms with Gasteiger partial charge in [-0.15, -0.1) is 0 Å². The topological polar surface area (TPSA) is 54.7 Å². The van der Waals surface area contributed by atoms with Crippen LogP contribution in [0.15, 0.2) is 18.3 Å². The van der Waals surface area contributed by atoms with E-state index in [1.54, 1.807) is 6.20 Å². The van der Waals surface area contributed by atoms with Crippen LogP contribution in [0.25, 0.3) is 10.9 Å². The van der Waals surface area contributed by atoms with Crippen molar-refractivity contribution in [3.63, 3.8) is 0 Å². The minimum Gasteiger partial charge on any atom is -0.326 e. The summed E-state index contributed by atoms with van der Waals surface area (Å²) in [5.74, 6) is 0. The molecule has 0 unspecified atom stereocenters. The van der Waals surface area contributed by atoms with Crippen molar-refractivity contribution in [2.24, 2.45) is 5.73 Å². The number of nitrogens with two attached hydrogens (primary N) is 1. The van der Waals surface area contributed by atoms with E-state index in [4.69, 9.17) is 17.3 Å². The maximum absolute atomic E-state index is 5.93. The highest BCUT2D eigenvalue weighted by Crippen LogP contribution is 2.23. The van der Waals surface area contributed by atoms with Crippen LogP contribution in [0.2, 0.25) is 5.02 Å². The third kappa shape index (κ3) is 0.983. The van der Waals surface area contributed by atoms with Crippen molar-refractivity contribution in [2.45, 2.75) is 6.54 Å². The second-order valence-corrected chi connectivity index (χ2v) is 2.98. The summed E-state index contributed by atoms with van der Waals surface area (Å²) in [5, 5.41) is 8.41. The van der Waals surface area contributed by atoms with Gasteiger partial charge in [-0.05, 0) is 11.6 Å². The number of benzene rings is 1. The second-order valence-electron chi connectivity index (χ2n) is 2.57. The lowest BCUT2D eigenvalue weighted by Crippen LogP contribution is -1.96. The average Bonchev–Trinajstić information content (AvgIpc) is 2.54. The molecule has 0 amide bonds. The van der Waals surface area contributed by atoms with E-state index in [1.807, 2.05) is 12.1 Å². The number of halogens is 1. The molecular formula is C8H8ClN3. The van der Waals surface area contributed by atoms with Crippen LogP contribution in [0.1, 0.15) is 5.56 Å². The predicted octanol–water partition coefficient (Wildman–Crippen LogP) is 1.67. The molecule has 0 bridgehead atoms. The zero-order chi connectivity index (χ0) is 8.55. The SMILES string of the molecule is NCc1ccc(Cl)c2cn[nH]c12. The number of aromatic nitrogens is 2. The fourth-order valence-electron chi connectivity index (χ4n) is 1.23. The fraction of sp³-hybridized carbons (Fsp3) is 0.125. The Morgan fingerprint density at radius 3 is 3.08 bits per heavy atom. The molecule has 0 aliphatic heterocycles. The van der Waals surface area contributed by atoms with Gasteiger partial charge < -0.3 is 5.73 Å². The van der Waals surface area contributed by atoms with Crippen molar-refractivity contribution in [1.29, 1.82) is 0 Å². The van der Waals surface area contributed by atoms with Crippen molar-refractivity contribution >= 4 is 22.5 Å². The van der Waals surface area contributed by atoms with Crippen molar-refractivity contribution in [1.82, 2.24) is 10.2 Å². The Kier molecular flexibility index (Phi) is 1.75. The highest BCUT2D eigenvalue weighted by molar-refractivity contribution is 6.35. The second kappa shape index (κ2) is 2.77. The summed E-state index contributed by atoms with van der Waals surface area (Å²) in [4.78, 5) is 0. The third-order valence-corrected chi connectivity index (χ3v) is 2.20. The molecule has 1 heterocycles. The molecule has 0 aliphatic rings. The zero-order valence-electron chi connectivity index (χ0n) is 6.34. The monoisotopic (exact) mass is 181 g/mol. The van der Waals surface area contributed by atoms with Gasteiger partial charge in [-0.25, -0.2) is 0 Å². The van der Waals surface area contributed by atoms with E-state index in [-0.39, 0.29) is 0 Å². The number of fused-ring (bicyclic) bond motifs is 1. The van der Waals surface area contributed by atoms with E-state index in [9.17, 15) is 0 Å². The summed E-state index contributed by atoms with van der Waals surface area (Å²) in [7, 11) is 0. The van der Waals surface area contributed by atoms with Gasteiger partial charge in [0.1, 0.15) is 0 Å². The van der Waals surface area contributed by atoms with Gasteiger partial charge in [0.25, 0.3) is 0 Å². The molecule has 2 rings (SSSR count). The van der Waals surface area contributed by atoms with E-state index < -0.39 is 0 Å². The van der Waals surface area contributed by atoms with Gasteiger partial charge in [-0.1, -0.05) is 17.7 Å². The van der Waals surface area contributed by atoms with Crippen molar-refractivity contribution in [2.75, 3.05) is 0 Å². The average molecular weight is 182 g/mol. The first-order valence-corrected chi connectivity index (χ1v) is 4.01. The minimum absolute atomic E-state index is 0.496. The highest BCUT2D eigenvalue weighted by atomic mass is 35.5. The molecule has 3 nitrogen and oxygen atoms in total. The molecule has 1 aromatic carbocycles. The van der Waals surface area contributed by atoms with E-state index in [0.29, 0.717) is 11.6 Å². The summed E-state index contributed by atoms with van der Waals surface area (Å²) in [6, 6.07) is 3.74. The van der Waals surface area contributed by atoms with E-state index in [1.165, 1.54) is 0 Å². The first-order chi connectivity index (χ1) is 5.83. The van der Waals surface area contributed by atoms with Crippen molar-refractivity contribution < 1.29 is 0 Å². The predicted molar refractivity (Wildman–Crippen MR) is 49.0 cm³/mol. The molecule has 0 spiro atoms. The molecule has 0 aliphatic carbocycles. The standard InChI is InChI=1S/C8H8ClN3/c9-7-2-1-5(3-10)8-6(7)4-11-12-8/h1-2,4H,3,10H2,(H,11,12). The Morgan fingerprint density at radius 1 is 1.50 bits per heavy atom. The van der Waals surface area contributed by atoms with Gasteiger partial charge in [0.15, 0.2) is 0 Å². The largest absolute Gasteiger partial charge is 0.326 e. The molecule has 0 saturated carbocycles. The minimum atomic E-state index is 0.496. The maximum atomic E-state index is 5.93. The normalized spacial score (nSPS) is 10.8. The molecule has 0 radical (unpaired) electrons. The van der Waals surface area contributed by atoms with E-state index >= 15 is 0 Å². The van der Waals surface area contributed by atoms with Crippen LogP contribution >= 0.6 is 11.6 Å². The molecular weight excluding hydrogens is 174 g/mol.